The molecule has 0 fully saturated rings. The largest absolute Gasteiger partial charge is 0.454 e. The molecule has 0 aliphatic heterocycles. The van der Waals surface area contributed by atoms with E-state index in [9.17, 15) is 14.4 Å². The van der Waals surface area contributed by atoms with Gasteiger partial charge in [-0.15, -0.1) is 0 Å². The van der Waals surface area contributed by atoms with Crippen molar-refractivity contribution in [2.24, 2.45) is 5.73 Å². The van der Waals surface area contributed by atoms with Crippen molar-refractivity contribution in [3.05, 3.63) is 29.3 Å². The first-order valence-electron chi connectivity index (χ1n) is 5.57. The van der Waals surface area contributed by atoms with Crippen molar-refractivity contribution in [1.82, 2.24) is 0 Å². The van der Waals surface area contributed by atoms with Crippen LogP contribution in [-0.2, 0) is 24.2 Å². The van der Waals surface area contributed by atoms with E-state index in [0.717, 1.165) is 6.92 Å². The molecule has 1 aromatic carbocycles. The molecular formula is C12H14N2O6. The van der Waals surface area contributed by atoms with Crippen LogP contribution in [0.5, 0.6) is 0 Å². The van der Waals surface area contributed by atoms with E-state index in [1.54, 1.807) is 19.1 Å². The molecule has 108 valence electrons. The number of ether oxygens (including phenoxy) is 1. The van der Waals surface area contributed by atoms with Crippen molar-refractivity contribution in [1.29, 1.82) is 0 Å². The second-order valence-corrected chi connectivity index (χ2v) is 3.78. The molecule has 0 saturated heterocycles. The predicted octanol–water partition coefficient (Wildman–Crippen LogP) is 0.459. The topological polar surface area (TPSA) is 117 Å². The molecule has 0 spiro atoms. The molecule has 1 rings (SSSR count). The van der Waals surface area contributed by atoms with Crippen molar-refractivity contribution < 1.29 is 29.0 Å². The van der Waals surface area contributed by atoms with Crippen LogP contribution in [0.3, 0.4) is 0 Å². The van der Waals surface area contributed by atoms with Gasteiger partial charge >= 0.3 is 11.9 Å². The summed E-state index contributed by atoms with van der Waals surface area (Å²) in [4.78, 5) is 41.6. The fraction of sp³-hybridized carbons (Fsp3) is 0.250. The molecule has 0 aliphatic carbocycles. The lowest BCUT2D eigenvalue weighted by molar-refractivity contribution is -0.258. The molecule has 1 aromatic rings. The van der Waals surface area contributed by atoms with Crippen LogP contribution in [0.2, 0.25) is 0 Å². The van der Waals surface area contributed by atoms with E-state index in [0.29, 0.717) is 5.56 Å². The van der Waals surface area contributed by atoms with E-state index in [2.05, 4.69) is 20.1 Å². The van der Waals surface area contributed by atoms with Crippen LogP contribution in [-0.4, -0.2) is 24.5 Å². The van der Waals surface area contributed by atoms with Gasteiger partial charge in [0.1, 0.15) is 0 Å². The monoisotopic (exact) mass is 282 g/mol. The zero-order chi connectivity index (χ0) is 15.1. The van der Waals surface area contributed by atoms with Gasteiger partial charge in [-0.3, -0.25) is 14.5 Å². The maximum Gasteiger partial charge on any atom is 0.382 e. The Labute approximate surface area is 114 Å². The van der Waals surface area contributed by atoms with E-state index >= 15 is 0 Å². The average Bonchev–Trinajstić information content (AvgIpc) is 2.36. The van der Waals surface area contributed by atoms with Gasteiger partial charge in [0.05, 0.1) is 11.3 Å². The first-order valence-corrected chi connectivity index (χ1v) is 5.57. The van der Waals surface area contributed by atoms with Gasteiger partial charge < -0.3 is 10.5 Å². The summed E-state index contributed by atoms with van der Waals surface area (Å²) in [6, 6.07) is 4.87. The van der Waals surface area contributed by atoms with Gasteiger partial charge in [-0.05, 0) is 18.6 Å². The summed E-state index contributed by atoms with van der Waals surface area (Å²) in [7, 11) is 0. The molecule has 0 unspecified atom stereocenters. The highest BCUT2D eigenvalue weighted by atomic mass is 17.3. The van der Waals surface area contributed by atoms with Gasteiger partial charge in [0.2, 0.25) is 0 Å². The van der Waals surface area contributed by atoms with Crippen LogP contribution in [0.4, 0.5) is 5.69 Å². The van der Waals surface area contributed by atoms with E-state index in [1.807, 2.05) is 0 Å². The molecule has 0 aromatic heterocycles. The van der Waals surface area contributed by atoms with Crippen LogP contribution in [0.15, 0.2) is 18.2 Å². The number of nitrogens with one attached hydrogen (secondary N) is 1. The lowest BCUT2D eigenvalue weighted by Gasteiger charge is -2.10. The lowest BCUT2D eigenvalue weighted by atomic mass is 10.1. The zero-order valence-electron chi connectivity index (χ0n) is 11.0. The number of esters is 1. The fourth-order valence-corrected chi connectivity index (χ4v) is 1.38. The number of hydrogen-bond donors (Lipinski definition) is 2. The Morgan fingerprint density at radius 1 is 1.30 bits per heavy atom. The molecule has 0 atom stereocenters. The number of carbonyl (C=O) groups excluding carboxylic acids is 3. The average molecular weight is 282 g/mol. The molecule has 0 heterocycles. The maximum atomic E-state index is 11.3. The normalized spacial score (nSPS) is 9.70. The first kappa shape index (κ1) is 15.4. The van der Waals surface area contributed by atoms with E-state index in [4.69, 9.17) is 5.73 Å². The molecule has 1 amide bonds. The van der Waals surface area contributed by atoms with Crippen molar-refractivity contribution in [2.45, 2.75) is 13.8 Å². The van der Waals surface area contributed by atoms with Crippen molar-refractivity contribution in [3.63, 3.8) is 0 Å². The Kier molecular flexibility index (Phi) is 5.48. The number of rotatable bonds is 6. The third-order valence-electron chi connectivity index (χ3n) is 2.20. The Balaban J connectivity index is 2.54. The van der Waals surface area contributed by atoms with Crippen LogP contribution in [0.1, 0.15) is 22.8 Å². The minimum Gasteiger partial charge on any atom is -0.454 e. The van der Waals surface area contributed by atoms with Gasteiger partial charge in [-0.2, -0.15) is 0 Å². The van der Waals surface area contributed by atoms with Crippen LogP contribution in [0.25, 0.3) is 0 Å². The fourth-order valence-electron chi connectivity index (χ4n) is 1.38. The lowest BCUT2D eigenvalue weighted by Crippen LogP contribution is -2.19. The molecular weight excluding hydrogens is 268 g/mol. The Hall–Kier alpha value is -2.61. The summed E-state index contributed by atoms with van der Waals surface area (Å²) in [6.45, 7) is 2.27. The number of nitrogens with two attached hydrogens (primary N) is 1. The van der Waals surface area contributed by atoms with Crippen molar-refractivity contribution >= 4 is 23.5 Å². The molecule has 20 heavy (non-hydrogen) atoms. The summed E-state index contributed by atoms with van der Waals surface area (Å²) in [5.41, 5.74) is 8.59. The summed E-state index contributed by atoms with van der Waals surface area (Å²) >= 11 is 0. The van der Waals surface area contributed by atoms with Gasteiger partial charge in [-0.25, -0.2) is 10.3 Å². The van der Waals surface area contributed by atoms with E-state index in [-0.39, 0.29) is 11.3 Å². The predicted molar refractivity (Wildman–Crippen MR) is 67.1 cm³/mol. The highest BCUT2D eigenvalue weighted by Gasteiger charge is 2.12. The quantitative estimate of drug-likeness (QED) is 0.442. The van der Waals surface area contributed by atoms with E-state index in [1.165, 1.54) is 6.07 Å². The molecule has 8 nitrogen and oxygen atoms in total. The summed E-state index contributed by atoms with van der Waals surface area (Å²) in [5, 5.41) is 0. The second-order valence-electron chi connectivity index (χ2n) is 3.78. The summed E-state index contributed by atoms with van der Waals surface area (Å²) in [6.07, 6.45) is 0. The number of hydrogen-bond acceptors (Lipinski definition) is 7. The number of benzene rings is 1. The zero-order valence-corrected chi connectivity index (χ0v) is 11.0. The third-order valence-corrected chi connectivity index (χ3v) is 2.20. The van der Waals surface area contributed by atoms with E-state index < -0.39 is 24.5 Å². The van der Waals surface area contributed by atoms with Gasteiger partial charge in [-0.1, -0.05) is 17.1 Å². The van der Waals surface area contributed by atoms with Crippen LogP contribution >= 0.6 is 0 Å². The van der Waals surface area contributed by atoms with Crippen LogP contribution in [0, 0.1) is 6.92 Å². The Bertz CT molecular complexity index is 529. The molecule has 0 saturated carbocycles. The number of aryl methyl sites for hydroxylation is 1. The molecule has 0 bridgehead atoms. The van der Waals surface area contributed by atoms with Crippen molar-refractivity contribution in [2.75, 3.05) is 12.1 Å². The van der Waals surface area contributed by atoms with Gasteiger partial charge in [0.15, 0.2) is 6.61 Å². The second kappa shape index (κ2) is 7.10. The molecule has 3 N–H and O–H groups in total. The number of anilines is 1. The molecule has 0 radical (unpaired) electrons. The maximum absolute atomic E-state index is 11.3. The molecule has 0 aliphatic rings. The van der Waals surface area contributed by atoms with Gasteiger partial charge in [0.25, 0.3) is 5.91 Å². The highest BCUT2D eigenvalue weighted by molar-refractivity contribution is 5.99. The third kappa shape index (κ3) is 4.58. The minimum atomic E-state index is -0.916. The number of primary amides is 1. The summed E-state index contributed by atoms with van der Waals surface area (Å²) in [5.74, 6) is -2.19. The number of amides is 1. The highest BCUT2D eigenvalue weighted by Crippen LogP contribution is 2.18. The summed E-state index contributed by atoms with van der Waals surface area (Å²) < 4.78 is 4.39. The number of carbonyl (C=O) groups is 3. The van der Waals surface area contributed by atoms with Crippen molar-refractivity contribution in [3.8, 4) is 0 Å². The Morgan fingerprint density at radius 2 is 2.00 bits per heavy atom. The standard InChI is InChI=1S/C12H14N2O6/c1-7-4-3-5-9(11(7)12(13)17)14-20-19-10(16)6-18-8(2)15/h3-5,14H,6H2,1-2H3,(H2,13,17). The smallest absolute Gasteiger partial charge is 0.382 e. The van der Waals surface area contributed by atoms with Crippen LogP contribution < -0.4 is 11.2 Å². The molecule has 8 heteroatoms. The van der Waals surface area contributed by atoms with Gasteiger partial charge in [0, 0.05) is 6.92 Å². The minimum absolute atomic E-state index is 0.212. The SMILES string of the molecule is CC(=O)OCC(=O)OONc1cccc(C)c1C(N)=O. The first-order chi connectivity index (χ1) is 9.41. The Morgan fingerprint density at radius 3 is 2.60 bits per heavy atom.